The van der Waals surface area contributed by atoms with Crippen LogP contribution >= 0.6 is 0 Å². The lowest BCUT2D eigenvalue weighted by molar-refractivity contribution is 1.06. The van der Waals surface area contributed by atoms with Gasteiger partial charge in [0.25, 0.3) is 0 Å². The summed E-state index contributed by atoms with van der Waals surface area (Å²) < 4.78 is 1.88. The molecular weight excluding hydrogens is 212 g/mol. The lowest BCUT2D eigenvalue weighted by atomic mass is 10.2. The van der Waals surface area contributed by atoms with Gasteiger partial charge in [0.1, 0.15) is 12.4 Å². The molecule has 0 aliphatic heterocycles. The molecule has 0 N–H and O–H groups in total. The molecule has 3 aromatic rings. The molecule has 0 amide bonds. The Morgan fingerprint density at radius 2 is 2.06 bits per heavy atom. The smallest absolute Gasteiger partial charge is 0.101 e. The molecule has 80 valence electrons. The Morgan fingerprint density at radius 3 is 2.94 bits per heavy atom. The first kappa shape index (κ1) is 9.55. The van der Waals surface area contributed by atoms with E-state index in [1.165, 1.54) is 0 Å². The Kier molecular flexibility index (Phi) is 2.09. The molecule has 0 unspecified atom stereocenters. The fourth-order valence-corrected chi connectivity index (χ4v) is 1.82. The number of fused-ring (bicyclic) bond motifs is 1. The summed E-state index contributed by atoms with van der Waals surface area (Å²) in [5.41, 5.74) is 3.21. The third-order valence-corrected chi connectivity index (χ3v) is 2.63. The summed E-state index contributed by atoms with van der Waals surface area (Å²) in [7, 11) is 0. The molecule has 2 heterocycles. The van der Waals surface area contributed by atoms with Crippen molar-refractivity contribution in [2.24, 2.45) is 0 Å². The molecule has 0 atom stereocenters. The largest absolute Gasteiger partial charge is 0.296 e. The van der Waals surface area contributed by atoms with E-state index in [4.69, 9.17) is 5.26 Å². The molecular formula is C13H8N4. The number of nitrogens with zero attached hydrogens (tertiary/aromatic N) is 4. The zero-order valence-electron chi connectivity index (χ0n) is 8.91. The van der Waals surface area contributed by atoms with Crippen LogP contribution in [0.1, 0.15) is 5.56 Å². The highest BCUT2D eigenvalue weighted by Gasteiger charge is 2.07. The van der Waals surface area contributed by atoms with Crippen molar-refractivity contribution in [1.82, 2.24) is 14.5 Å². The van der Waals surface area contributed by atoms with Gasteiger partial charge in [-0.25, -0.2) is 4.98 Å². The molecule has 0 spiro atoms. The molecule has 0 aliphatic carbocycles. The number of para-hydroxylation sites is 2. The van der Waals surface area contributed by atoms with Crippen LogP contribution < -0.4 is 0 Å². The van der Waals surface area contributed by atoms with E-state index in [9.17, 15) is 0 Å². The van der Waals surface area contributed by atoms with E-state index in [0.29, 0.717) is 5.56 Å². The van der Waals surface area contributed by atoms with E-state index in [-0.39, 0.29) is 0 Å². The van der Waals surface area contributed by atoms with E-state index in [2.05, 4.69) is 16.0 Å². The molecule has 0 saturated carbocycles. The number of imidazole rings is 1. The lowest BCUT2D eigenvalue weighted by Gasteiger charge is -2.04. The number of pyridine rings is 1. The molecule has 1 aromatic carbocycles. The monoisotopic (exact) mass is 220 g/mol. The quantitative estimate of drug-likeness (QED) is 0.632. The van der Waals surface area contributed by atoms with Gasteiger partial charge in [0.05, 0.1) is 28.5 Å². The van der Waals surface area contributed by atoms with Gasteiger partial charge in [-0.15, -0.1) is 0 Å². The van der Waals surface area contributed by atoms with Crippen LogP contribution in [0.5, 0.6) is 0 Å². The number of hydrogen-bond acceptors (Lipinski definition) is 3. The Bertz CT molecular complexity index is 721. The van der Waals surface area contributed by atoms with Crippen LogP contribution in [0.15, 0.2) is 49.1 Å². The molecule has 0 bridgehead atoms. The average Bonchev–Trinajstić information content (AvgIpc) is 2.82. The topological polar surface area (TPSA) is 54.5 Å². The summed E-state index contributed by atoms with van der Waals surface area (Å²) in [6.07, 6.45) is 5.00. The van der Waals surface area contributed by atoms with Crippen LogP contribution in [0, 0.1) is 11.3 Å². The van der Waals surface area contributed by atoms with E-state index < -0.39 is 0 Å². The van der Waals surface area contributed by atoms with Gasteiger partial charge < -0.3 is 0 Å². The average molecular weight is 220 g/mol. The summed E-state index contributed by atoms with van der Waals surface area (Å²) in [5.74, 6) is 0. The van der Waals surface area contributed by atoms with Crippen molar-refractivity contribution >= 4 is 11.0 Å². The maximum absolute atomic E-state index is 9.08. The molecule has 0 radical (unpaired) electrons. The Hall–Kier alpha value is -2.67. The van der Waals surface area contributed by atoms with Gasteiger partial charge in [0, 0.05) is 6.20 Å². The summed E-state index contributed by atoms with van der Waals surface area (Å²) in [5, 5.41) is 9.08. The summed E-state index contributed by atoms with van der Waals surface area (Å²) in [4.78, 5) is 8.35. The third-order valence-electron chi connectivity index (χ3n) is 2.63. The number of aromatic nitrogens is 3. The number of nitriles is 1. The standard InChI is InChI=1S/C13H8N4/c14-7-10-5-6-15-8-13(10)17-9-16-11-3-1-2-4-12(11)17/h1-6,8-9H. The van der Waals surface area contributed by atoms with Crippen molar-refractivity contribution in [2.75, 3.05) is 0 Å². The highest BCUT2D eigenvalue weighted by atomic mass is 15.1. The minimum Gasteiger partial charge on any atom is -0.296 e. The highest BCUT2D eigenvalue weighted by molar-refractivity contribution is 5.77. The van der Waals surface area contributed by atoms with Crippen LogP contribution in [-0.4, -0.2) is 14.5 Å². The second-order valence-electron chi connectivity index (χ2n) is 3.61. The number of rotatable bonds is 1. The second-order valence-corrected chi connectivity index (χ2v) is 3.61. The zero-order valence-corrected chi connectivity index (χ0v) is 8.91. The van der Waals surface area contributed by atoms with Gasteiger partial charge in [0.2, 0.25) is 0 Å². The van der Waals surface area contributed by atoms with Gasteiger partial charge in [0.15, 0.2) is 0 Å². The van der Waals surface area contributed by atoms with Crippen LogP contribution in [0.3, 0.4) is 0 Å². The minimum atomic E-state index is 0.586. The molecule has 0 aliphatic rings. The predicted molar refractivity (Wildman–Crippen MR) is 63.6 cm³/mol. The van der Waals surface area contributed by atoms with E-state index in [1.807, 2.05) is 28.8 Å². The third kappa shape index (κ3) is 1.45. The Balaban J connectivity index is 2.32. The SMILES string of the molecule is N#Cc1ccncc1-n1cnc2ccccc21. The zero-order chi connectivity index (χ0) is 11.7. The molecule has 4 heteroatoms. The Morgan fingerprint density at radius 1 is 1.18 bits per heavy atom. The van der Waals surface area contributed by atoms with Crippen LogP contribution in [0.25, 0.3) is 16.7 Å². The van der Waals surface area contributed by atoms with Gasteiger partial charge in [-0.1, -0.05) is 12.1 Å². The molecule has 0 saturated heterocycles. The molecule has 0 fully saturated rings. The second kappa shape index (κ2) is 3.72. The molecule has 3 rings (SSSR count). The van der Waals surface area contributed by atoms with E-state index in [0.717, 1.165) is 16.7 Å². The van der Waals surface area contributed by atoms with Gasteiger partial charge in [-0.3, -0.25) is 9.55 Å². The van der Waals surface area contributed by atoms with Crippen LogP contribution in [0.4, 0.5) is 0 Å². The first-order chi connectivity index (χ1) is 8.40. The summed E-state index contributed by atoms with van der Waals surface area (Å²) in [6, 6.07) is 11.7. The highest BCUT2D eigenvalue weighted by Crippen LogP contribution is 2.19. The van der Waals surface area contributed by atoms with Crippen molar-refractivity contribution in [3.63, 3.8) is 0 Å². The van der Waals surface area contributed by atoms with Crippen LogP contribution in [0.2, 0.25) is 0 Å². The fourth-order valence-electron chi connectivity index (χ4n) is 1.82. The van der Waals surface area contributed by atoms with Crippen LogP contribution in [-0.2, 0) is 0 Å². The van der Waals surface area contributed by atoms with Gasteiger partial charge in [-0.05, 0) is 18.2 Å². The maximum Gasteiger partial charge on any atom is 0.101 e. The molecule has 4 nitrogen and oxygen atoms in total. The van der Waals surface area contributed by atoms with Crippen molar-refractivity contribution < 1.29 is 0 Å². The van der Waals surface area contributed by atoms with Crippen molar-refractivity contribution in [3.05, 3.63) is 54.6 Å². The van der Waals surface area contributed by atoms with Crippen molar-refractivity contribution in [1.29, 1.82) is 5.26 Å². The van der Waals surface area contributed by atoms with E-state index >= 15 is 0 Å². The Labute approximate surface area is 97.8 Å². The molecule has 2 aromatic heterocycles. The van der Waals surface area contributed by atoms with Gasteiger partial charge in [-0.2, -0.15) is 5.26 Å². The fraction of sp³-hybridized carbons (Fsp3) is 0. The van der Waals surface area contributed by atoms with Crippen molar-refractivity contribution in [3.8, 4) is 11.8 Å². The first-order valence-corrected chi connectivity index (χ1v) is 5.17. The van der Waals surface area contributed by atoms with Crippen molar-refractivity contribution in [2.45, 2.75) is 0 Å². The normalized spacial score (nSPS) is 10.3. The number of hydrogen-bond donors (Lipinski definition) is 0. The van der Waals surface area contributed by atoms with Gasteiger partial charge >= 0.3 is 0 Å². The molecule has 17 heavy (non-hydrogen) atoms. The lowest BCUT2D eigenvalue weighted by Crippen LogP contribution is -1.96. The predicted octanol–water partition coefficient (Wildman–Crippen LogP) is 2.29. The number of benzene rings is 1. The summed E-state index contributed by atoms with van der Waals surface area (Å²) >= 11 is 0. The summed E-state index contributed by atoms with van der Waals surface area (Å²) in [6.45, 7) is 0. The van der Waals surface area contributed by atoms with E-state index in [1.54, 1.807) is 24.8 Å². The maximum atomic E-state index is 9.08. The minimum absolute atomic E-state index is 0.586. The first-order valence-electron chi connectivity index (χ1n) is 5.17.